The summed E-state index contributed by atoms with van der Waals surface area (Å²) in [6.45, 7) is 4.87. The van der Waals surface area contributed by atoms with Crippen molar-refractivity contribution in [2.24, 2.45) is 0 Å². The van der Waals surface area contributed by atoms with Gasteiger partial charge in [-0.1, -0.05) is 17.7 Å². The number of nitrogens with one attached hydrogen (secondary N) is 1. The molecule has 0 heterocycles. The van der Waals surface area contributed by atoms with Gasteiger partial charge in [-0.3, -0.25) is 4.79 Å². The van der Waals surface area contributed by atoms with Gasteiger partial charge in [-0.15, -0.1) is 0 Å². The second-order valence-electron chi connectivity index (χ2n) is 5.91. The number of benzene rings is 2. The summed E-state index contributed by atoms with van der Waals surface area (Å²) < 4.78 is 40.4. The van der Waals surface area contributed by atoms with E-state index in [0.717, 1.165) is 11.6 Å². The van der Waals surface area contributed by atoms with E-state index in [-0.39, 0.29) is 29.5 Å². The topological polar surface area (TPSA) is 66.5 Å². The predicted molar refractivity (Wildman–Crippen MR) is 101 cm³/mol. The van der Waals surface area contributed by atoms with Crippen LogP contribution < -0.4 is 9.62 Å². The second-order valence-corrected chi connectivity index (χ2v) is 8.09. The Morgan fingerprint density at radius 1 is 1.15 bits per heavy atom. The molecule has 0 spiro atoms. The number of anilines is 1. The Labute approximate surface area is 157 Å². The van der Waals surface area contributed by atoms with Gasteiger partial charge in [0.2, 0.25) is 15.9 Å². The standard InChI is InChI=1S/C18H20ClFN2O3S/c1-12-4-5-15(11-17(12)19)22(14(3)23)9-8-21-26(24,25)16-6-7-18(20)13(2)10-16/h4-7,10-11,21H,8-9H2,1-3H3. The van der Waals surface area contributed by atoms with Crippen LogP contribution in [0.25, 0.3) is 0 Å². The third kappa shape index (κ3) is 4.81. The lowest BCUT2D eigenvalue weighted by atomic mass is 10.2. The molecule has 0 saturated carbocycles. The fourth-order valence-electron chi connectivity index (χ4n) is 2.38. The molecule has 26 heavy (non-hydrogen) atoms. The van der Waals surface area contributed by atoms with Gasteiger partial charge < -0.3 is 4.90 Å². The molecular formula is C18H20ClFN2O3S. The van der Waals surface area contributed by atoms with E-state index in [1.807, 2.05) is 6.92 Å². The van der Waals surface area contributed by atoms with Gasteiger partial charge in [-0.05, 0) is 55.3 Å². The fraction of sp³-hybridized carbons (Fsp3) is 0.278. The highest BCUT2D eigenvalue weighted by atomic mass is 35.5. The maximum atomic E-state index is 13.3. The molecule has 0 aliphatic heterocycles. The zero-order valence-electron chi connectivity index (χ0n) is 14.7. The van der Waals surface area contributed by atoms with Gasteiger partial charge in [0.1, 0.15) is 5.82 Å². The summed E-state index contributed by atoms with van der Waals surface area (Å²) in [6.07, 6.45) is 0. The summed E-state index contributed by atoms with van der Waals surface area (Å²) in [6, 6.07) is 8.78. The summed E-state index contributed by atoms with van der Waals surface area (Å²) in [5, 5.41) is 0.524. The summed E-state index contributed by atoms with van der Waals surface area (Å²) >= 11 is 6.10. The number of carbonyl (C=O) groups is 1. The van der Waals surface area contributed by atoms with E-state index in [1.54, 1.807) is 18.2 Å². The number of aryl methyl sites for hydroxylation is 2. The number of carbonyl (C=O) groups excluding carboxylic acids is 1. The molecule has 0 aliphatic rings. The van der Waals surface area contributed by atoms with Crippen LogP contribution in [0.3, 0.4) is 0 Å². The Hall–Kier alpha value is -1.96. The molecule has 1 N–H and O–H groups in total. The third-order valence-corrected chi connectivity index (χ3v) is 5.78. The highest BCUT2D eigenvalue weighted by Gasteiger charge is 2.17. The molecule has 0 fully saturated rings. The first kappa shape index (κ1) is 20.4. The minimum absolute atomic E-state index is 0.00380. The van der Waals surface area contributed by atoms with Crippen LogP contribution in [-0.4, -0.2) is 27.4 Å². The number of hydrogen-bond donors (Lipinski definition) is 1. The molecule has 140 valence electrons. The quantitative estimate of drug-likeness (QED) is 0.810. The Kier molecular flexibility index (Phi) is 6.39. The highest BCUT2D eigenvalue weighted by Crippen LogP contribution is 2.23. The first-order valence-corrected chi connectivity index (χ1v) is 9.78. The van der Waals surface area contributed by atoms with Crippen LogP contribution in [0.5, 0.6) is 0 Å². The van der Waals surface area contributed by atoms with Gasteiger partial charge in [0.15, 0.2) is 0 Å². The van der Waals surface area contributed by atoms with Crippen molar-refractivity contribution < 1.29 is 17.6 Å². The highest BCUT2D eigenvalue weighted by molar-refractivity contribution is 7.89. The number of amides is 1. The molecule has 2 aromatic rings. The SMILES string of the molecule is CC(=O)N(CCNS(=O)(=O)c1ccc(F)c(C)c1)c1ccc(C)c(Cl)c1. The Morgan fingerprint density at radius 2 is 1.85 bits per heavy atom. The van der Waals surface area contributed by atoms with Crippen molar-refractivity contribution in [2.75, 3.05) is 18.0 Å². The molecule has 0 aliphatic carbocycles. The van der Waals surface area contributed by atoms with Gasteiger partial charge in [-0.25, -0.2) is 17.5 Å². The van der Waals surface area contributed by atoms with E-state index >= 15 is 0 Å². The van der Waals surface area contributed by atoms with Crippen LogP contribution in [0.1, 0.15) is 18.1 Å². The molecule has 0 aromatic heterocycles. The number of hydrogen-bond acceptors (Lipinski definition) is 3. The summed E-state index contributed by atoms with van der Waals surface area (Å²) in [5.41, 5.74) is 1.71. The van der Waals surface area contributed by atoms with E-state index in [2.05, 4.69) is 4.72 Å². The first-order chi connectivity index (χ1) is 12.1. The lowest BCUT2D eigenvalue weighted by molar-refractivity contribution is -0.116. The van der Waals surface area contributed by atoms with E-state index < -0.39 is 15.8 Å². The number of nitrogens with zero attached hydrogens (tertiary/aromatic N) is 1. The van der Waals surface area contributed by atoms with Gasteiger partial charge in [-0.2, -0.15) is 0 Å². The van der Waals surface area contributed by atoms with Crippen LogP contribution >= 0.6 is 11.6 Å². The molecular weight excluding hydrogens is 379 g/mol. The van der Waals surface area contributed by atoms with Crippen LogP contribution in [0.15, 0.2) is 41.3 Å². The lowest BCUT2D eigenvalue weighted by Crippen LogP contribution is -2.37. The summed E-state index contributed by atoms with van der Waals surface area (Å²) in [5.74, 6) is -0.704. The average molecular weight is 399 g/mol. The van der Waals surface area contributed by atoms with E-state index in [4.69, 9.17) is 11.6 Å². The van der Waals surface area contributed by atoms with Crippen LogP contribution in [-0.2, 0) is 14.8 Å². The molecule has 0 saturated heterocycles. The van der Waals surface area contributed by atoms with Crippen LogP contribution in [0, 0.1) is 19.7 Å². The molecule has 2 rings (SSSR count). The normalized spacial score (nSPS) is 11.4. The Bertz CT molecular complexity index is 932. The van der Waals surface area contributed by atoms with Crippen molar-refractivity contribution in [2.45, 2.75) is 25.7 Å². The van der Waals surface area contributed by atoms with Gasteiger partial charge in [0.25, 0.3) is 0 Å². The molecule has 2 aromatic carbocycles. The smallest absolute Gasteiger partial charge is 0.240 e. The molecule has 1 amide bonds. The average Bonchev–Trinajstić information content (AvgIpc) is 2.56. The Balaban J connectivity index is 2.10. The summed E-state index contributed by atoms with van der Waals surface area (Å²) in [7, 11) is -3.80. The minimum Gasteiger partial charge on any atom is -0.311 e. The van der Waals surface area contributed by atoms with Crippen molar-refractivity contribution in [1.29, 1.82) is 0 Å². The maximum absolute atomic E-state index is 13.3. The minimum atomic E-state index is -3.80. The summed E-state index contributed by atoms with van der Waals surface area (Å²) in [4.78, 5) is 13.3. The van der Waals surface area contributed by atoms with Crippen molar-refractivity contribution in [3.05, 3.63) is 58.4 Å². The lowest BCUT2D eigenvalue weighted by Gasteiger charge is -2.22. The molecule has 5 nitrogen and oxygen atoms in total. The monoisotopic (exact) mass is 398 g/mol. The number of sulfonamides is 1. The van der Waals surface area contributed by atoms with Crippen molar-refractivity contribution in [3.63, 3.8) is 0 Å². The van der Waals surface area contributed by atoms with Gasteiger partial charge in [0, 0.05) is 30.7 Å². The van der Waals surface area contributed by atoms with Crippen LogP contribution in [0.4, 0.5) is 10.1 Å². The maximum Gasteiger partial charge on any atom is 0.240 e. The molecule has 0 bridgehead atoms. The Morgan fingerprint density at radius 3 is 2.42 bits per heavy atom. The molecule has 8 heteroatoms. The molecule has 0 unspecified atom stereocenters. The van der Waals surface area contributed by atoms with Crippen molar-refractivity contribution in [1.82, 2.24) is 4.72 Å². The zero-order valence-corrected chi connectivity index (χ0v) is 16.3. The zero-order chi connectivity index (χ0) is 19.5. The van der Waals surface area contributed by atoms with Crippen molar-refractivity contribution >= 4 is 33.2 Å². The first-order valence-electron chi connectivity index (χ1n) is 7.92. The number of halogens is 2. The van der Waals surface area contributed by atoms with Gasteiger partial charge in [0.05, 0.1) is 4.90 Å². The predicted octanol–water partition coefficient (Wildman–Crippen LogP) is 3.43. The van der Waals surface area contributed by atoms with Gasteiger partial charge >= 0.3 is 0 Å². The largest absolute Gasteiger partial charge is 0.311 e. The van der Waals surface area contributed by atoms with Crippen molar-refractivity contribution in [3.8, 4) is 0 Å². The fourth-order valence-corrected chi connectivity index (χ4v) is 3.66. The number of rotatable bonds is 6. The molecule has 0 atom stereocenters. The molecule has 0 radical (unpaired) electrons. The van der Waals surface area contributed by atoms with E-state index in [1.165, 1.54) is 30.9 Å². The second kappa shape index (κ2) is 8.16. The van der Waals surface area contributed by atoms with Crippen LogP contribution in [0.2, 0.25) is 5.02 Å². The third-order valence-electron chi connectivity index (χ3n) is 3.91. The van der Waals surface area contributed by atoms with E-state index in [0.29, 0.717) is 10.7 Å². The van der Waals surface area contributed by atoms with E-state index in [9.17, 15) is 17.6 Å².